The Labute approximate surface area is 198 Å². The second-order valence-corrected chi connectivity index (χ2v) is 8.54. The highest BCUT2D eigenvalue weighted by atomic mass is 35.5. The molecule has 0 saturated heterocycles. The van der Waals surface area contributed by atoms with E-state index in [1.165, 1.54) is 11.3 Å². The van der Waals surface area contributed by atoms with Gasteiger partial charge in [-0.05, 0) is 26.0 Å². The summed E-state index contributed by atoms with van der Waals surface area (Å²) in [6, 6.07) is 12.6. The number of nitrogens with zero attached hydrogens (tertiary/aromatic N) is 2. The summed E-state index contributed by atoms with van der Waals surface area (Å²) in [7, 11) is 0. The van der Waals surface area contributed by atoms with E-state index in [0.717, 1.165) is 16.1 Å². The molecule has 0 saturated carbocycles. The molecule has 4 aromatic rings. The molecule has 1 aromatic carbocycles. The van der Waals surface area contributed by atoms with Gasteiger partial charge in [0.2, 0.25) is 0 Å². The number of primary amides is 1. The van der Waals surface area contributed by atoms with Crippen LogP contribution in [0.4, 0.5) is 10.5 Å². The first-order valence-corrected chi connectivity index (χ1v) is 11.3. The second kappa shape index (κ2) is 9.51. The number of pyridine rings is 1. The number of amides is 2. The highest BCUT2D eigenvalue weighted by Gasteiger charge is 2.21. The van der Waals surface area contributed by atoms with Gasteiger partial charge in [0.25, 0.3) is 5.91 Å². The fourth-order valence-electron chi connectivity index (χ4n) is 3.34. The molecule has 10 heteroatoms. The van der Waals surface area contributed by atoms with E-state index >= 15 is 0 Å². The average Bonchev–Trinajstić information content (AvgIpc) is 3.38. The van der Waals surface area contributed by atoms with Crippen LogP contribution in [-0.4, -0.2) is 28.0 Å². The van der Waals surface area contributed by atoms with E-state index in [1.807, 2.05) is 29.5 Å². The number of ether oxygens (including phenoxy) is 2. The zero-order chi connectivity index (χ0) is 23.5. The van der Waals surface area contributed by atoms with E-state index in [-0.39, 0.29) is 6.61 Å². The Hall–Kier alpha value is -3.56. The van der Waals surface area contributed by atoms with Gasteiger partial charge in [-0.25, -0.2) is 9.78 Å². The molecule has 33 heavy (non-hydrogen) atoms. The Kier molecular flexibility index (Phi) is 6.52. The molecule has 0 aliphatic rings. The summed E-state index contributed by atoms with van der Waals surface area (Å²) in [4.78, 5) is 29.2. The van der Waals surface area contributed by atoms with Crippen molar-refractivity contribution in [2.24, 2.45) is 5.73 Å². The van der Waals surface area contributed by atoms with E-state index < -0.39 is 18.1 Å². The number of thiophene rings is 1. The van der Waals surface area contributed by atoms with Crippen molar-refractivity contribution in [1.29, 1.82) is 0 Å². The number of anilines is 1. The summed E-state index contributed by atoms with van der Waals surface area (Å²) < 4.78 is 12.8. The zero-order valence-electron chi connectivity index (χ0n) is 17.9. The second-order valence-electron chi connectivity index (χ2n) is 7.08. The maximum atomic E-state index is 12.1. The van der Waals surface area contributed by atoms with Crippen LogP contribution >= 0.6 is 22.9 Å². The summed E-state index contributed by atoms with van der Waals surface area (Å²) in [5.74, 6) is -0.201. The lowest BCUT2D eigenvalue weighted by molar-refractivity contribution is 0.0998. The number of fused-ring (bicyclic) bond motifs is 1. The molecule has 0 aliphatic carbocycles. The smallest absolute Gasteiger partial charge is 0.411 e. The van der Waals surface area contributed by atoms with Crippen LogP contribution in [0, 0.1) is 0 Å². The third kappa shape index (κ3) is 4.79. The Morgan fingerprint density at radius 2 is 2.06 bits per heavy atom. The highest BCUT2D eigenvalue weighted by Crippen LogP contribution is 2.39. The number of nitrogens with two attached hydrogens (primary N) is 1. The van der Waals surface area contributed by atoms with E-state index in [4.69, 9.17) is 26.8 Å². The number of aromatic nitrogens is 2. The highest BCUT2D eigenvalue weighted by molar-refractivity contribution is 7.17. The quantitative estimate of drug-likeness (QED) is 0.359. The van der Waals surface area contributed by atoms with Gasteiger partial charge in [0.05, 0.1) is 23.4 Å². The van der Waals surface area contributed by atoms with Crippen molar-refractivity contribution < 1.29 is 19.1 Å². The van der Waals surface area contributed by atoms with Crippen LogP contribution < -0.4 is 15.8 Å². The maximum Gasteiger partial charge on any atom is 0.411 e. The largest absolute Gasteiger partial charge is 0.484 e. The topological polar surface area (TPSA) is 108 Å². The summed E-state index contributed by atoms with van der Waals surface area (Å²) >= 11 is 7.51. The lowest BCUT2D eigenvalue weighted by atomic mass is 10.1. The van der Waals surface area contributed by atoms with Crippen LogP contribution in [0.5, 0.6) is 5.75 Å². The van der Waals surface area contributed by atoms with Crippen molar-refractivity contribution in [3.63, 3.8) is 0 Å². The molecule has 1 atom stereocenters. The molecule has 0 fully saturated rings. The molecule has 2 amide bonds. The molecule has 0 aliphatic heterocycles. The molecule has 3 aromatic heterocycles. The van der Waals surface area contributed by atoms with Gasteiger partial charge in [-0.2, -0.15) is 0 Å². The third-order valence-corrected chi connectivity index (χ3v) is 6.35. The van der Waals surface area contributed by atoms with E-state index in [0.29, 0.717) is 27.0 Å². The number of benzene rings is 1. The Morgan fingerprint density at radius 1 is 1.27 bits per heavy atom. The Morgan fingerprint density at radius 3 is 2.79 bits per heavy atom. The van der Waals surface area contributed by atoms with Crippen molar-refractivity contribution in [2.75, 3.05) is 11.9 Å². The number of rotatable bonds is 7. The molecule has 3 N–H and O–H groups in total. The van der Waals surface area contributed by atoms with Crippen LogP contribution in [0.3, 0.4) is 0 Å². The number of hydrogen-bond acceptors (Lipinski definition) is 6. The first-order valence-electron chi connectivity index (χ1n) is 10.1. The van der Waals surface area contributed by atoms with Gasteiger partial charge in [-0.1, -0.05) is 29.8 Å². The van der Waals surface area contributed by atoms with Gasteiger partial charge >= 0.3 is 6.09 Å². The molecular weight excluding hydrogens is 464 g/mol. The molecule has 170 valence electrons. The number of nitrogens with one attached hydrogen (secondary N) is 1. The Bertz CT molecular complexity index is 1330. The molecule has 0 bridgehead atoms. The average molecular weight is 485 g/mol. The summed E-state index contributed by atoms with van der Waals surface area (Å²) in [6.45, 7) is 3.87. The first-order chi connectivity index (χ1) is 15.9. The van der Waals surface area contributed by atoms with Crippen molar-refractivity contribution >= 4 is 46.3 Å². The molecule has 8 nitrogen and oxygen atoms in total. The van der Waals surface area contributed by atoms with E-state index in [9.17, 15) is 9.59 Å². The van der Waals surface area contributed by atoms with Gasteiger partial charge in [-0.3, -0.25) is 14.5 Å². The number of carbonyl (C=O) groups excluding carboxylic acids is 2. The molecule has 0 radical (unpaired) electrons. The van der Waals surface area contributed by atoms with Crippen LogP contribution in [0.25, 0.3) is 16.2 Å². The van der Waals surface area contributed by atoms with Gasteiger partial charge in [0, 0.05) is 34.6 Å². The summed E-state index contributed by atoms with van der Waals surface area (Å²) in [5.41, 5.74) is 8.34. The SMILES string of the molecule is CCOC(=O)Nc1ccn2c(-c3cc(O[C@H](C)c4ccccc4Cl)c(C(N)=O)s3)cnc2c1. The fourth-order valence-corrected chi connectivity index (χ4v) is 4.58. The fraction of sp³-hybridized carbons (Fsp3) is 0.174. The van der Waals surface area contributed by atoms with Crippen molar-refractivity contribution in [3.8, 4) is 16.3 Å². The van der Waals surface area contributed by atoms with Crippen molar-refractivity contribution in [1.82, 2.24) is 9.38 Å². The van der Waals surface area contributed by atoms with Crippen LogP contribution in [-0.2, 0) is 4.74 Å². The predicted octanol–water partition coefficient (Wildman–Crippen LogP) is 5.52. The zero-order valence-corrected chi connectivity index (χ0v) is 19.4. The number of imidazole rings is 1. The minimum atomic E-state index is -0.581. The van der Waals surface area contributed by atoms with Crippen LogP contribution in [0.15, 0.2) is 54.9 Å². The lowest BCUT2D eigenvalue weighted by Gasteiger charge is -2.16. The minimum absolute atomic E-state index is 0.279. The first kappa shape index (κ1) is 22.6. The van der Waals surface area contributed by atoms with Gasteiger partial charge < -0.3 is 15.2 Å². The van der Waals surface area contributed by atoms with E-state index in [1.54, 1.807) is 43.6 Å². The normalized spacial score (nSPS) is 11.8. The van der Waals surface area contributed by atoms with Crippen LogP contribution in [0.1, 0.15) is 35.2 Å². The summed E-state index contributed by atoms with van der Waals surface area (Å²) in [5, 5.41) is 3.23. The molecule has 3 heterocycles. The molecule has 0 spiro atoms. The number of carbonyl (C=O) groups is 2. The third-order valence-electron chi connectivity index (χ3n) is 4.86. The predicted molar refractivity (Wildman–Crippen MR) is 128 cm³/mol. The standard InChI is InChI=1S/C23H21ClN4O4S/c1-3-31-23(30)27-14-8-9-28-17(12-26-20(28)10-14)19-11-18(21(33-19)22(25)29)32-13(2)15-6-4-5-7-16(15)24/h4-13H,3H2,1-2H3,(H2,25,29)(H,27,30)/t13-/m1/s1. The molecular formula is C23H21ClN4O4S. The minimum Gasteiger partial charge on any atom is -0.484 e. The number of hydrogen-bond donors (Lipinski definition) is 2. The molecule has 0 unspecified atom stereocenters. The monoisotopic (exact) mass is 484 g/mol. The Balaban J connectivity index is 1.65. The number of halogens is 1. The van der Waals surface area contributed by atoms with Crippen molar-refractivity contribution in [2.45, 2.75) is 20.0 Å². The maximum absolute atomic E-state index is 12.1. The molecule has 4 rings (SSSR count). The lowest BCUT2D eigenvalue weighted by Crippen LogP contribution is -2.13. The summed E-state index contributed by atoms with van der Waals surface area (Å²) in [6.07, 6.45) is 2.53. The van der Waals surface area contributed by atoms with Crippen LogP contribution in [0.2, 0.25) is 5.02 Å². The van der Waals surface area contributed by atoms with Gasteiger partial charge in [0.15, 0.2) is 0 Å². The van der Waals surface area contributed by atoms with E-state index in [2.05, 4.69) is 10.3 Å². The van der Waals surface area contributed by atoms with Crippen molar-refractivity contribution in [3.05, 3.63) is 70.3 Å². The van der Waals surface area contributed by atoms with Gasteiger partial charge in [-0.15, -0.1) is 11.3 Å². The van der Waals surface area contributed by atoms with Gasteiger partial charge in [0.1, 0.15) is 22.4 Å².